The third kappa shape index (κ3) is 4.56. The van der Waals surface area contributed by atoms with Gasteiger partial charge in [-0.2, -0.15) is 0 Å². The predicted molar refractivity (Wildman–Crippen MR) is 118 cm³/mol. The number of hydrogen-bond acceptors (Lipinski definition) is 3. The third-order valence-corrected chi connectivity index (χ3v) is 5.66. The van der Waals surface area contributed by atoms with E-state index in [1.165, 1.54) is 28.8 Å². The lowest BCUT2D eigenvalue weighted by Crippen LogP contribution is -2.36. The summed E-state index contributed by atoms with van der Waals surface area (Å²) >= 11 is 3.37. The molecule has 1 unspecified atom stereocenters. The van der Waals surface area contributed by atoms with Crippen LogP contribution in [-0.2, 0) is 12.8 Å². The molecule has 0 saturated carbocycles. The normalized spacial score (nSPS) is 15.8. The summed E-state index contributed by atoms with van der Waals surface area (Å²) in [6.45, 7) is 1.45. The van der Waals surface area contributed by atoms with Crippen molar-refractivity contribution in [3.05, 3.63) is 89.2 Å². The van der Waals surface area contributed by atoms with Crippen LogP contribution in [-0.4, -0.2) is 23.6 Å². The Morgan fingerprint density at radius 2 is 1.79 bits per heavy atom. The lowest BCUT2D eigenvalue weighted by Gasteiger charge is -2.39. The van der Waals surface area contributed by atoms with Gasteiger partial charge in [-0.25, -0.2) is 4.39 Å². The molecule has 4 rings (SSSR count). The van der Waals surface area contributed by atoms with Gasteiger partial charge in [-0.15, -0.1) is 0 Å². The molecule has 150 valence electrons. The Kier molecular flexibility index (Phi) is 6.05. The lowest BCUT2D eigenvalue weighted by molar-refractivity contribution is 0.345. The van der Waals surface area contributed by atoms with Gasteiger partial charge in [0.1, 0.15) is 17.3 Å². The van der Waals surface area contributed by atoms with Crippen molar-refractivity contribution in [2.75, 3.05) is 23.4 Å². The van der Waals surface area contributed by atoms with Crippen LogP contribution in [0.25, 0.3) is 0 Å². The minimum absolute atomic E-state index is 0.110. The molecule has 0 fully saturated rings. The zero-order chi connectivity index (χ0) is 20.2. The number of phenols is 1. The van der Waals surface area contributed by atoms with Crippen LogP contribution in [0.3, 0.4) is 0 Å². The van der Waals surface area contributed by atoms with Crippen LogP contribution < -0.4 is 9.64 Å². The summed E-state index contributed by atoms with van der Waals surface area (Å²) in [4.78, 5) is 2.33. The van der Waals surface area contributed by atoms with Crippen LogP contribution in [0.4, 0.5) is 10.1 Å². The topological polar surface area (TPSA) is 32.7 Å². The fourth-order valence-electron chi connectivity index (χ4n) is 3.96. The minimum Gasteiger partial charge on any atom is -0.508 e. The van der Waals surface area contributed by atoms with E-state index in [0.29, 0.717) is 12.4 Å². The maximum atomic E-state index is 13.4. The second kappa shape index (κ2) is 8.87. The molecular formula is C24H23BrFNO2. The highest BCUT2D eigenvalue weighted by atomic mass is 79.9. The number of benzene rings is 3. The van der Waals surface area contributed by atoms with E-state index in [2.05, 4.69) is 33.0 Å². The van der Waals surface area contributed by atoms with Crippen LogP contribution in [0.5, 0.6) is 11.5 Å². The molecule has 0 aromatic heterocycles. The van der Waals surface area contributed by atoms with Gasteiger partial charge < -0.3 is 14.7 Å². The number of halogens is 2. The Balaban J connectivity index is 1.64. The highest BCUT2D eigenvalue weighted by Crippen LogP contribution is 2.37. The number of alkyl halides is 1. The number of aromatic hydroxyl groups is 1. The van der Waals surface area contributed by atoms with E-state index in [-0.39, 0.29) is 11.9 Å². The standard InChI is InChI=1S/C24H23BrFNO2/c25-12-14-29-22-8-1-17(2-9-22)15-24-23-10-7-21(28)16-18(23)11-13-27(24)20-5-3-19(26)4-6-20/h1-10,16,24,28H,11-15H2. The van der Waals surface area contributed by atoms with Crippen molar-refractivity contribution >= 4 is 21.6 Å². The number of nitrogens with zero attached hydrogens (tertiary/aromatic N) is 1. The van der Waals surface area contributed by atoms with Crippen LogP contribution in [0.1, 0.15) is 22.7 Å². The Labute approximate surface area is 178 Å². The molecule has 0 amide bonds. The second-order valence-corrected chi connectivity index (χ2v) is 8.00. The average Bonchev–Trinajstić information content (AvgIpc) is 2.74. The highest BCUT2D eigenvalue weighted by molar-refractivity contribution is 9.09. The van der Waals surface area contributed by atoms with Gasteiger partial charge in [0.15, 0.2) is 0 Å². The number of rotatable bonds is 6. The number of fused-ring (bicyclic) bond motifs is 1. The molecule has 0 spiro atoms. The first-order valence-corrected chi connectivity index (χ1v) is 10.9. The zero-order valence-electron chi connectivity index (χ0n) is 16.0. The van der Waals surface area contributed by atoms with Crippen LogP contribution >= 0.6 is 15.9 Å². The molecule has 0 aliphatic carbocycles. The van der Waals surface area contributed by atoms with Crippen LogP contribution in [0.15, 0.2) is 66.7 Å². The fraction of sp³-hybridized carbons (Fsp3) is 0.250. The van der Waals surface area contributed by atoms with Gasteiger partial charge in [-0.05, 0) is 78.1 Å². The molecule has 1 aliphatic heterocycles. The summed E-state index contributed by atoms with van der Waals surface area (Å²) in [6.07, 6.45) is 1.66. The second-order valence-electron chi connectivity index (χ2n) is 7.20. The summed E-state index contributed by atoms with van der Waals surface area (Å²) in [6, 6.07) is 20.6. The molecule has 1 N–H and O–H groups in total. The molecule has 0 bridgehead atoms. The zero-order valence-corrected chi connectivity index (χ0v) is 17.6. The molecule has 3 nitrogen and oxygen atoms in total. The van der Waals surface area contributed by atoms with E-state index in [9.17, 15) is 9.50 Å². The smallest absolute Gasteiger partial charge is 0.123 e. The van der Waals surface area contributed by atoms with Gasteiger partial charge >= 0.3 is 0 Å². The van der Waals surface area contributed by atoms with Gasteiger partial charge in [-0.1, -0.05) is 34.1 Å². The number of ether oxygens (including phenoxy) is 1. The van der Waals surface area contributed by atoms with Crippen molar-refractivity contribution in [1.82, 2.24) is 0 Å². The van der Waals surface area contributed by atoms with Crippen molar-refractivity contribution in [3.8, 4) is 11.5 Å². The van der Waals surface area contributed by atoms with E-state index in [1.807, 2.05) is 36.4 Å². The summed E-state index contributed by atoms with van der Waals surface area (Å²) in [5, 5.41) is 10.7. The Morgan fingerprint density at radius 1 is 1.03 bits per heavy atom. The molecule has 1 atom stereocenters. The van der Waals surface area contributed by atoms with Crippen molar-refractivity contribution in [3.63, 3.8) is 0 Å². The first-order valence-electron chi connectivity index (χ1n) is 9.76. The summed E-state index contributed by atoms with van der Waals surface area (Å²) in [5.41, 5.74) is 4.59. The van der Waals surface area contributed by atoms with Crippen LogP contribution in [0, 0.1) is 5.82 Å². The summed E-state index contributed by atoms with van der Waals surface area (Å²) < 4.78 is 19.1. The van der Waals surface area contributed by atoms with E-state index in [4.69, 9.17) is 4.74 Å². The molecule has 0 radical (unpaired) electrons. The molecule has 5 heteroatoms. The quantitative estimate of drug-likeness (QED) is 0.487. The number of phenolic OH excluding ortho intramolecular Hbond substituents is 1. The molecule has 29 heavy (non-hydrogen) atoms. The van der Waals surface area contributed by atoms with Crippen molar-refractivity contribution in [2.24, 2.45) is 0 Å². The average molecular weight is 456 g/mol. The molecule has 1 heterocycles. The third-order valence-electron chi connectivity index (χ3n) is 5.34. The first-order chi connectivity index (χ1) is 14.1. The summed E-state index contributed by atoms with van der Waals surface area (Å²) in [7, 11) is 0. The van der Waals surface area contributed by atoms with Crippen molar-refractivity contribution in [2.45, 2.75) is 18.9 Å². The van der Waals surface area contributed by atoms with Gasteiger partial charge in [0.25, 0.3) is 0 Å². The van der Waals surface area contributed by atoms with E-state index < -0.39 is 0 Å². The van der Waals surface area contributed by atoms with E-state index in [0.717, 1.165) is 36.2 Å². The van der Waals surface area contributed by atoms with Gasteiger partial charge in [0, 0.05) is 17.6 Å². The van der Waals surface area contributed by atoms with E-state index in [1.54, 1.807) is 6.07 Å². The monoisotopic (exact) mass is 455 g/mol. The lowest BCUT2D eigenvalue weighted by atomic mass is 9.88. The maximum Gasteiger partial charge on any atom is 0.123 e. The van der Waals surface area contributed by atoms with Gasteiger partial charge in [0.2, 0.25) is 0 Å². The Morgan fingerprint density at radius 3 is 2.52 bits per heavy atom. The molecule has 3 aromatic carbocycles. The van der Waals surface area contributed by atoms with Crippen molar-refractivity contribution < 1.29 is 14.2 Å². The number of anilines is 1. The summed E-state index contributed by atoms with van der Waals surface area (Å²) in [5.74, 6) is 0.926. The van der Waals surface area contributed by atoms with Gasteiger partial charge in [-0.3, -0.25) is 0 Å². The molecule has 0 saturated heterocycles. The molecule has 1 aliphatic rings. The Hall–Kier alpha value is -2.53. The highest BCUT2D eigenvalue weighted by Gasteiger charge is 2.28. The van der Waals surface area contributed by atoms with Crippen molar-refractivity contribution in [1.29, 1.82) is 0 Å². The SMILES string of the molecule is Oc1ccc2c(c1)CCN(c1ccc(F)cc1)C2Cc1ccc(OCCBr)cc1. The fourth-order valence-corrected chi connectivity index (χ4v) is 4.12. The number of hydrogen-bond donors (Lipinski definition) is 1. The molecule has 3 aromatic rings. The Bertz CT molecular complexity index is 960. The van der Waals surface area contributed by atoms with E-state index >= 15 is 0 Å². The largest absolute Gasteiger partial charge is 0.508 e. The maximum absolute atomic E-state index is 13.4. The van der Waals surface area contributed by atoms with Crippen LogP contribution in [0.2, 0.25) is 0 Å². The first kappa shape index (κ1) is 19.8. The van der Waals surface area contributed by atoms with Gasteiger partial charge in [0.05, 0.1) is 12.6 Å². The predicted octanol–water partition coefficient (Wildman–Crippen LogP) is 5.65. The minimum atomic E-state index is -0.230. The molecular weight excluding hydrogens is 433 g/mol.